The molecule has 21 heavy (non-hydrogen) atoms. The van der Waals surface area contributed by atoms with Gasteiger partial charge in [-0.15, -0.1) is 0 Å². The van der Waals surface area contributed by atoms with Gasteiger partial charge < -0.3 is 10.5 Å². The molecule has 2 aromatic carbocycles. The molecule has 2 nitrogen and oxygen atoms in total. The molecule has 0 aliphatic rings. The van der Waals surface area contributed by atoms with Gasteiger partial charge in [-0.05, 0) is 42.0 Å². The van der Waals surface area contributed by atoms with Crippen LogP contribution in [0, 0.1) is 23.5 Å². The monoisotopic (exact) mass is 307 g/mol. The smallest absolute Gasteiger partial charge is 0.138 e. The summed E-state index contributed by atoms with van der Waals surface area (Å²) in [5, 5.41) is 0.162. The fraction of sp³-hybridized carbons (Fsp3) is 0.125. The van der Waals surface area contributed by atoms with Crippen LogP contribution in [0.2, 0.25) is 5.02 Å². The molecule has 0 aromatic heterocycles. The van der Waals surface area contributed by atoms with Gasteiger partial charge in [0.15, 0.2) is 0 Å². The highest BCUT2D eigenvalue weighted by atomic mass is 35.5. The number of benzene rings is 2. The van der Waals surface area contributed by atoms with E-state index in [0.29, 0.717) is 16.9 Å². The average Bonchev–Trinajstić information content (AvgIpc) is 2.43. The van der Waals surface area contributed by atoms with Crippen LogP contribution in [0.25, 0.3) is 0 Å². The minimum absolute atomic E-state index is 0.0976. The molecular formula is C16H12ClF2NO. The van der Waals surface area contributed by atoms with E-state index in [4.69, 9.17) is 22.1 Å². The summed E-state index contributed by atoms with van der Waals surface area (Å²) in [6.45, 7) is 0.300. The molecule has 0 fully saturated rings. The van der Waals surface area contributed by atoms with E-state index in [2.05, 4.69) is 11.8 Å². The van der Waals surface area contributed by atoms with Crippen molar-refractivity contribution in [3.63, 3.8) is 0 Å². The Labute approximate surface area is 126 Å². The van der Waals surface area contributed by atoms with Crippen molar-refractivity contribution in [1.82, 2.24) is 0 Å². The second kappa shape index (κ2) is 7.07. The van der Waals surface area contributed by atoms with Gasteiger partial charge in [-0.25, -0.2) is 8.78 Å². The second-order valence-corrected chi connectivity index (χ2v) is 4.62. The summed E-state index contributed by atoms with van der Waals surface area (Å²) in [6, 6.07) is 8.17. The van der Waals surface area contributed by atoms with Gasteiger partial charge in [-0.3, -0.25) is 0 Å². The lowest BCUT2D eigenvalue weighted by Crippen LogP contribution is -1.98. The SMILES string of the molecule is NCC#Cc1cc(F)cc(COc2ccc(F)cc2Cl)c1. The Morgan fingerprint density at radius 1 is 1.10 bits per heavy atom. The maximum absolute atomic E-state index is 13.5. The molecule has 0 amide bonds. The van der Waals surface area contributed by atoms with E-state index in [0.717, 1.165) is 6.07 Å². The Hall–Kier alpha value is -2.09. The largest absolute Gasteiger partial charge is 0.487 e. The third-order valence-corrected chi connectivity index (χ3v) is 2.88. The number of nitrogens with two attached hydrogens (primary N) is 1. The Kier molecular flexibility index (Phi) is 5.15. The third-order valence-electron chi connectivity index (χ3n) is 2.58. The molecule has 0 saturated heterocycles. The van der Waals surface area contributed by atoms with Gasteiger partial charge in [-0.2, -0.15) is 0 Å². The minimum atomic E-state index is -0.447. The Morgan fingerprint density at radius 2 is 1.90 bits per heavy atom. The minimum Gasteiger partial charge on any atom is -0.487 e. The predicted octanol–water partition coefficient (Wildman–Crippen LogP) is 3.51. The third kappa shape index (κ3) is 4.45. The van der Waals surface area contributed by atoms with Crippen LogP contribution in [0.15, 0.2) is 36.4 Å². The van der Waals surface area contributed by atoms with Gasteiger partial charge in [0.1, 0.15) is 24.0 Å². The zero-order valence-corrected chi connectivity index (χ0v) is 11.8. The first-order valence-electron chi connectivity index (χ1n) is 6.15. The highest BCUT2D eigenvalue weighted by molar-refractivity contribution is 6.32. The van der Waals surface area contributed by atoms with Crippen molar-refractivity contribution in [1.29, 1.82) is 0 Å². The van der Waals surface area contributed by atoms with Crippen molar-refractivity contribution < 1.29 is 13.5 Å². The summed E-state index contributed by atoms with van der Waals surface area (Å²) in [7, 11) is 0. The number of hydrogen-bond donors (Lipinski definition) is 1. The fourth-order valence-electron chi connectivity index (χ4n) is 1.71. The lowest BCUT2D eigenvalue weighted by atomic mass is 10.1. The normalized spacial score (nSPS) is 9.90. The number of halogens is 3. The molecule has 0 aliphatic carbocycles. The first kappa shape index (κ1) is 15.3. The van der Waals surface area contributed by atoms with E-state index in [1.807, 2.05) is 0 Å². The van der Waals surface area contributed by atoms with Gasteiger partial charge in [0.2, 0.25) is 0 Å². The number of rotatable bonds is 3. The van der Waals surface area contributed by atoms with Crippen LogP contribution >= 0.6 is 11.6 Å². The maximum Gasteiger partial charge on any atom is 0.138 e. The van der Waals surface area contributed by atoms with Gasteiger partial charge in [0, 0.05) is 5.56 Å². The van der Waals surface area contributed by atoms with Crippen molar-refractivity contribution in [2.45, 2.75) is 6.61 Å². The van der Waals surface area contributed by atoms with Gasteiger partial charge in [0.25, 0.3) is 0 Å². The molecule has 0 saturated carbocycles. The predicted molar refractivity (Wildman–Crippen MR) is 78.1 cm³/mol. The molecule has 5 heteroatoms. The highest BCUT2D eigenvalue weighted by Gasteiger charge is 2.05. The van der Waals surface area contributed by atoms with Crippen molar-refractivity contribution in [2.75, 3.05) is 6.54 Å². The molecule has 2 rings (SSSR count). The van der Waals surface area contributed by atoms with E-state index >= 15 is 0 Å². The summed E-state index contributed by atoms with van der Waals surface area (Å²) in [5.74, 6) is 4.88. The van der Waals surface area contributed by atoms with Crippen LogP contribution < -0.4 is 10.5 Å². The molecule has 0 atom stereocenters. The molecule has 108 valence electrons. The lowest BCUT2D eigenvalue weighted by Gasteiger charge is -2.08. The topological polar surface area (TPSA) is 35.2 Å². The van der Waals surface area contributed by atoms with Gasteiger partial charge in [-0.1, -0.05) is 23.4 Å². The van der Waals surface area contributed by atoms with Gasteiger partial charge in [0.05, 0.1) is 11.6 Å². The van der Waals surface area contributed by atoms with Crippen LogP contribution in [0.5, 0.6) is 5.75 Å². The van der Waals surface area contributed by atoms with E-state index in [9.17, 15) is 8.78 Å². The van der Waals surface area contributed by atoms with Crippen LogP contribution in [-0.2, 0) is 6.61 Å². The summed E-state index contributed by atoms with van der Waals surface area (Å²) < 4.78 is 31.9. The van der Waals surface area contributed by atoms with E-state index in [1.54, 1.807) is 6.07 Å². The Balaban J connectivity index is 2.14. The van der Waals surface area contributed by atoms with Crippen LogP contribution in [0.3, 0.4) is 0 Å². The second-order valence-electron chi connectivity index (χ2n) is 4.22. The van der Waals surface area contributed by atoms with Crippen LogP contribution in [0.4, 0.5) is 8.78 Å². The fourth-order valence-corrected chi connectivity index (χ4v) is 1.93. The van der Waals surface area contributed by atoms with Crippen molar-refractivity contribution in [3.8, 4) is 17.6 Å². The molecule has 0 bridgehead atoms. The molecule has 0 aliphatic heterocycles. The Bertz CT molecular complexity index is 707. The van der Waals surface area contributed by atoms with Crippen molar-refractivity contribution >= 4 is 11.6 Å². The number of hydrogen-bond acceptors (Lipinski definition) is 2. The van der Waals surface area contributed by atoms with Crippen molar-refractivity contribution in [3.05, 3.63) is 64.2 Å². The number of ether oxygens (including phenoxy) is 1. The molecule has 0 spiro atoms. The molecule has 0 unspecified atom stereocenters. The van der Waals surface area contributed by atoms with Gasteiger partial charge >= 0.3 is 0 Å². The van der Waals surface area contributed by atoms with E-state index in [1.165, 1.54) is 24.3 Å². The van der Waals surface area contributed by atoms with Crippen LogP contribution in [-0.4, -0.2) is 6.54 Å². The van der Waals surface area contributed by atoms with Crippen LogP contribution in [0.1, 0.15) is 11.1 Å². The zero-order valence-electron chi connectivity index (χ0n) is 11.0. The molecule has 2 aromatic rings. The summed E-state index contributed by atoms with van der Waals surface area (Å²) in [4.78, 5) is 0. The molecule has 0 heterocycles. The average molecular weight is 308 g/mol. The molecular weight excluding hydrogens is 296 g/mol. The Morgan fingerprint density at radius 3 is 2.62 bits per heavy atom. The first-order valence-corrected chi connectivity index (χ1v) is 6.52. The molecule has 0 radical (unpaired) electrons. The first-order chi connectivity index (χ1) is 10.1. The highest BCUT2D eigenvalue weighted by Crippen LogP contribution is 2.25. The molecule has 2 N–H and O–H groups in total. The summed E-state index contributed by atoms with van der Waals surface area (Å²) in [5.41, 5.74) is 6.39. The van der Waals surface area contributed by atoms with E-state index in [-0.39, 0.29) is 18.2 Å². The lowest BCUT2D eigenvalue weighted by molar-refractivity contribution is 0.305. The summed E-state index contributed by atoms with van der Waals surface area (Å²) >= 11 is 5.85. The van der Waals surface area contributed by atoms with E-state index < -0.39 is 11.6 Å². The maximum atomic E-state index is 13.5. The quantitative estimate of drug-likeness (QED) is 0.881. The summed E-state index contributed by atoms with van der Waals surface area (Å²) in [6.07, 6.45) is 0. The van der Waals surface area contributed by atoms with Crippen molar-refractivity contribution in [2.24, 2.45) is 5.73 Å². The zero-order chi connectivity index (χ0) is 15.2. The standard InChI is InChI=1S/C16H12ClF2NO/c17-15-9-13(18)3-4-16(15)21-10-12-6-11(2-1-5-20)7-14(19)8-12/h3-4,6-9H,5,10,20H2.